The van der Waals surface area contributed by atoms with Crippen LogP contribution in [0.2, 0.25) is 0 Å². The molecule has 13 nitrogen and oxygen atoms in total. The number of carbonyl (C=O) groups excluding carboxylic acids is 6. The van der Waals surface area contributed by atoms with E-state index in [1.54, 1.807) is 39.0 Å². The topological polar surface area (TPSA) is 189 Å². The van der Waals surface area contributed by atoms with Crippen LogP contribution < -0.4 is 0 Å². The molecule has 1 aromatic carbocycles. The van der Waals surface area contributed by atoms with Crippen molar-refractivity contribution in [1.82, 2.24) is 0 Å². The zero-order valence-electron chi connectivity index (χ0n) is 28.2. The third-order valence-corrected chi connectivity index (χ3v) is 10.5. The van der Waals surface area contributed by atoms with Crippen molar-refractivity contribution in [2.24, 2.45) is 22.7 Å². The fourth-order valence-electron chi connectivity index (χ4n) is 8.91. The molecule has 0 heterocycles. The molecule has 0 aliphatic heterocycles. The van der Waals surface area contributed by atoms with E-state index in [-0.39, 0.29) is 23.1 Å². The summed E-state index contributed by atoms with van der Waals surface area (Å²) < 4.78 is 29.5. The minimum absolute atomic E-state index is 0.0107. The number of esters is 5. The van der Waals surface area contributed by atoms with Crippen LogP contribution in [0.4, 0.5) is 0 Å². The van der Waals surface area contributed by atoms with Gasteiger partial charge in [-0.3, -0.25) is 24.0 Å². The van der Waals surface area contributed by atoms with Gasteiger partial charge in [-0.2, -0.15) is 0 Å². The average molecular weight is 671 g/mol. The fraction of sp³-hybridized carbons (Fsp3) is 0.600. The molecule has 10 unspecified atom stereocenters. The van der Waals surface area contributed by atoms with Crippen molar-refractivity contribution in [3.63, 3.8) is 0 Å². The largest absolute Gasteiger partial charge is 0.459 e. The van der Waals surface area contributed by atoms with Gasteiger partial charge in [-0.05, 0) is 50.8 Å². The number of ether oxygens (including phenoxy) is 5. The molecule has 4 aliphatic rings. The molecule has 260 valence electrons. The molecule has 13 heteroatoms. The number of benzene rings is 1. The van der Waals surface area contributed by atoms with Gasteiger partial charge in [0.05, 0.1) is 22.3 Å². The van der Waals surface area contributed by atoms with Gasteiger partial charge in [-0.1, -0.05) is 25.1 Å². The minimum atomic E-state index is -2.46. The number of aliphatic hydroxyl groups is 2. The molecule has 0 radical (unpaired) electrons. The predicted octanol–water partition coefficient (Wildman–Crippen LogP) is 2.39. The Hall–Kier alpha value is -4.10. The quantitative estimate of drug-likeness (QED) is 0.332. The predicted molar refractivity (Wildman–Crippen MR) is 164 cm³/mol. The van der Waals surface area contributed by atoms with Crippen molar-refractivity contribution >= 4 is 35.6 Å². The highest BCUT2D eigenvalue weighted by Crippen LogP contribution is 2.66. The number of hydrogen-bond donors (Lipinski definition) is 2. The van der Waals surface area contributed by atoms with Gasteiger partial charge in [-0.15, -0.1) is 0 Å². The molecule has 10 atom stereocenters. The van der Waals surface area contributed by atoms with Gasteiger partial charge < -0.3 is 33.9 Å². The maximum atomic E-state index is 14.2. The highest BCUT2D eigenvalue weighted by molar-refractivity contribution is 6.05. The molecule has 2 fully saturated rings. The van der Waals surface area contributed by atoms with E-state index in [1.807, 2.05) is 0 Å². The van der Waals surface area contributed by atoms with Crippen molar-refractivity contribution in [3.8, 4) is 0 Å². The number of hydrogen-bond acceptors (Lipinski definition) is 13. The lowest BCUT2D eigenvalue weighted by Gasteiger charge is -2.53. The van der Waals surface area contributed by atoms with E-state index < -0.39 is 106 Å². The van der Waals surface area contributed by atoms with Gasteiger partial charge >= 0.3 is 29.8 Å². The first-order chi connectivity index (χ1) is 22.2. The molecule has 48 heavy (non-hydrogen) atoms. The first-order valence-corrected chi connectivity index (χ1v) is 15.9. The number of carbonyl (C=O) groups is 6. The molecular formula is C35H42O13. The summed E-state index contributed by atoms with van der Waals surface area (Å²) in [4.78, 5) is 78.8. The fourth-order valence-corrected chi connectivity index (χ4v) is 8.91. The Balaban J connectivity index is 1.84. The Morgan fingerprint density at radius 1 is 0.750 bits per heavy atom. The molecule has 0 saturated heterocycles. The van der Waals surface area contributed by atoms with Gasteiger partial charge in [0, 0.05) is 39.7 Å². The van der Waals surface area contributed by atoms with E-state index in [1.165, 1.54) is 19.1 Å². The highest BCUT2D eigenvalue weighted by Gasteiger charge is 2.80. The number of ketones is 1. The Morgan fingerprint density at radius 3 is 1.79 bits per heavy atom. The summed E-state index contributed by atoms with van der Waals surface area (Å²) in [5.41, 5.74) is -7.80. The first-order valence-electron chi connectivity index (χ1n) is 15.9. The summed E-state index contributed by atoms with van der Waals surface area (Å²) in [5, 5.41) is 26.0. The van der Waals surface area contributed by atoms with E-state index in [4.69, 9.17) is 23.7 Å². The lowest BCUT2D eigenvalue weighted by Crippen LogP contribution is -2.66. The van der Waals surface area contributed by atoms with Crippen LogP contribution in [0.15, 0.2) is 41.5 Å². The van der Waals surface area contributed by atoms with Crippen molar-refractivity contribution in [2.75, 3.05) is 0 Å². The molecule has 2 saturated carbocycles. The molecule has 0 aromatic heterocycles. The maximum Gasteiger partial charge on any atom is 0.338 e. The van der Waals surface area contributed by atoms with Crippen LogP contribution >= 0.6 is 0 Å². The molecular weight excluding hydrogens is 628 g/mol. The normalized spacial score (nSPS) is 37.8. The van der Waals surface area contributed by atoms with E-state index in [9.17, 15) is 39.0 Å². The van der Waals surface area contributed by atoms with Gasteiger partial charge in [0.2, 0.25) is 0 Å². The van der Waals surface area contributed by atoms with Gasteiger partial charge in [0.1, 0.15) is 41.7 Å². The van der Waals surface area contributed by atoms with E-state index in [2.05, 4.69) is 0 Å². The minimum Gasteiger partial charge on any atom is -0.459 e. The number of rotatable bonds is 6. The van der Waals surface area contributed by atoms with Crippen LogP contribution in [0.3, 0.4) is 0 Å². The Morgan fingerprint density at radius 2 is 1.27 bits per heavy atom. The monoisotopic (exact) mass is 670 g/mol. The second-order valence-corrected chi connectivity index (χ2v) is 14.3. The van der Waals surface area contributed by atoms with Crippen LogP contribution in [0.25, 0.3) is 0 Å². The summed E-state index contributed by atoms with van der Waals surface area (Å²) in [6.45, 7) is 10.7. The van der Waals surface area contributed by atoms with Crippen LogP contribution in [-0.4, -0.2) is 87.6 Å². The maximum absolute atomic E-state index is 14.2. The lowest BCUT2D eigenvalue weighted by atomic mass is 9.58. The SMILES string of the molecule is CC(=O)OC1C2=C(CC3(O)C(OC(C)=O)C4C(OC(=O)c5ccccc5)C(C)CC4(O)C(OC(C)=O)C2(C)C3OC(C)=O)C(=O)C1(C)C. The van der Waals surface area contributed by atoms with Crippen LogP contribution in [-0.2, 0) is 47.7 Å². The molecule has 4 aliphatic carbocycles. The molecule has 0 spiro atoms. The summed E-state index contributed by atoms with van der Waals surface area (Å²) in [5.74, 6) is -6.82. The Kier molecular flexibility index (Phi) is 8.65. The smallest absolute Gasteiger partial charge is 0.338 e. The second kappa shape index (κ2) is 11.8. The molecule has 2 bridgehead atoms. The van der Waals surface area contributed by atoms with Crippen molar-refractivity contribution in [1.29, 1.82) is 0 Å². The van der Waals surface area contributed by atoms with Crippen LogP contribution in [0.1, 0.15) is 78.6 Å². The summed E-state index contributed by atoms with van der Waals surface area (Å²) >= 11 is 0. The Bertz CT molecular complexity index is 1600. The zero-order chi connectivity index (χ0) is 35.7. The van der Waals surface area contributed by atoms with Crippen LogP contribution in [0.5, 0.6) is 0 Å². The van der Waals surface area contributed by atoms with Gasteiger partial charge in [0.15, 0.2) is 5.78 Å². The van der Waals surface area contributed by atoms with E-state index in [0.717, 1.165) is 27.7 Å². The van der Waals surface area contributed by atoms with Crippen molar-refractivity contribution in [2.45, 2.75) is 110 Å². The van der Waals surface area contributed by atoms with Gasteiger partial charge in [-0.25, -0.2) is 4.79 Å². The standard InChI is InChI=1S/C35H42O13/c1-16-14-34(42)24(25(16)48-29(41)21-12-10-9-11-13-21)28(45-18(3)37)35(43)15-22-23(27(44-17(2)36)32(6,7)26(22)40)33(8,30(34)46-19(4)38)31(35)47-20(5)39/h9-13,16,24-25,27-28,30-31,42-43H,14-15H2,1-8H3. The summed E-state index contributed by atoms with van der Waals surface area (Å²) in [6.07, 6.45) is -8.57. The molecule has 5 rings (SSSR count). The highest BCUT2D eigenvalue weighted by atomic mass is 16.6. The first kappa shape index (κ1) is 35.2. The van der Waals surface area contributed by atoms with Gasteiger partial charge in [0.25, 0.3) is 0 Å². The van der Waals surface area contributed by atoms with E-state index in [0.29, 0.717) is 0 Å². The third kappa shape index (κ3) is 5.22. The second-order valence-electron chi connectivity index (χ2n) is 14.3. The van der Waals surface area contributed by atoms with Crippen molar-refractivity contribution in [3.05, 3.63) is 47.0 Å². The van der Waals surface area contributed by atoms with Crippen LogP contribution in [0, 0.1) is 22.7 Å². The average Bonchev–Trinajstić information content (AvgIpc) is 3.32. The zero-order valence-corrected chi connectivity index (χ0v) is 28.2. The number of fused-ring (bicyclic) bond motifs is 4. The molecule has 0 amide bonds. The summed E-state index contributed by atoms with van der Waals surface area (Å²) in [6, 6.07) is 8.04. The Labute approximate surface area is 277 Å². The molecule has 2 N–H and O–H groups in total. The van der Waals surface area contributed by atoms with E-state index >= 15 is 0 Å². The third-order valence-electron chi connectivity index (χ3n) is 10.5. The van der Waals surface area contributed by atoms with Crippen molar-refractivity contribution < 1.29 is 62.7 Å². The summed E-state index contributed by atoms with van der Waals surface area (Å²) in [7, 11) is 0. The lowest BCUT2D eigenvalue weighted by molar-refractivity contribution is -0.226. The number of Topliss-reactive ketones (excluding diaryl/α,β-unsaturated/α-hetero) is 1. The molecule has 1 aromatic rings.